The minimum atomic E-state index is 0.315. The number of aromatic nitrogens is 1. The zero-order chi connectivity index (χ0) is 11.8. The fourth-order valence-corrected chi connectivity index (χ4v) is 1.22. The van der Waals surface area contributed by atoms with Crippen molar-refractivity contribution in [2.45, 2.75) is 0 Å². The van der Waals surface area contributed by atoms with Gasteiger partial charge in [0.15, 0.2) is 0 Å². The summed E-state index contributed by atoms with van der Waals surface area (Å²) in [5.41, 5.74) is 6.10. The van der Waals surface area contributed by atoms with Crippen LogP contribution in [0.25, 0.3) is 0 Å². The van der Waals surface area contributed by atoms with Crippen LogP contribution in [-0.4, -0.2) is 38.5 Å². The van der Waals surface area contributed by atoms with Crippen LogP contribution in [0.1, 0.15) is 0 Å². The van der Waals surface area contributed by atoms with Crippen molar-refractivity contribution in [2.75, 3.05) is 39.3 Å². The Kier molecular flexibility index (Phi) is 5.92. The second-order valence-corrected chi connectivity index (χ2v) is 3.40. The summed E-state index contributed by atoms with van der Waals surface area (Å²) in [7, 11) is 1.62. The van der Waals surface area contributed by atoms with Crippen molar-refractivity contribution in [1.29, 1.82) is 0 Å². The molecule has 0 atom stereocenters. The van der Waals surface area contributed by atoms with Gasteiger partial charge in [0.1, 0.15) is 11.8 Å². The number of nitrogens with two attached hydrogens (primary N) is 1. The summed E-state index contributed by atoms with van der Waals surface area (Å²) in [5.74, 6) is 0.403. The predicted octanol–water partition coefficient (Wildman–Crippen LogP) is 1.36. The van der Waals surface area contributed by atoms with Crippen LogP contribution in [0.5, 0.6) is 5.88 Å². The number of anilines is 1. The normalized spacial score (nSPS) is 10.4. The average molecular weight is 247 g/mol. The molecule has 0 unspecified atom stereocenters. The molecule has 1 rings (SSSR count). The quantitative estimate of drug-likeness (QED) is 0.581. The van der Waals surface area contributed by atoms with Gasteiger partial charge >= 0.3 is 0 Å². The first-order chi connectivity index (χ1) is 7.72. The standard InChI is InChI=1S/C10H15ClN2O3/c1-14-2-3-15-4-5-16-10-7-8(12)6-9(11)13-10/h6-7H,2-5H2,1H3,(H2,12,13). The molecule has 1 aromatic rings. The molecule has 5 nitrogen and oxygen atoms in total. The maximum Gasteiger partial charge on any atom is 0.216 e. The van der Waals surface area contributed by atoms with Crippen molar-refractivity contribution in [3.05, 3.63) is 17.3 Å². The zero-order valence-electron chi connectivity index (χ0n) is 9.11. The SMILES string of the molecule is COCCOCCOc1cc(N)cc(Cl)n1. The van der Waals surface area contributed by atoms with E-state index in [1.54, 1.807) is 19.2 Å². The molecule has 0 aliphatic heterocycles. The van der Waals surface area contributed by atoms with Crippen molar-refractivity contribution in [1.82, 2.24) is 4.98 Å². The summed E-state index contributed by atoms with van der Waals surface area (Å²) in [6.07, 6.45) is 0. The highest BCUT2D eigenvalue weighted by molar-refractivity contribution is 6.29. The van der Waals surface area contributed by atoms with Gasteiger partial charge in [0.05, 0.1) is 19.8 Å². The second-order valence-electron chi connectivity index (χ2n) is 3.02. The summed E-state index contributed by atoms with van der Waals surface area (Å²) >= 11 is 5.71. The minimum absolute atomic E-state index is 0.315. The van der Waals surface area contributed by atoms with Crippen LogP contribution < -0.4 is 10.5 Å². The molecule has 0 aliphatic carbocycles. The van der Waals surface area contributed by atoms with Crippen LogP contribution in [-0.2, 0) is 9.47 Å². The number of ether oxygens (including phenoxy) is 3. The Morgan fingerprint density at radius 1 is 1.25 bits per heavy atom. The van der Waals surface area contributed by atoms with E-state index in [0.717, 1.165) is 0 Å². The third-order valence-corrected chi connectivity index (χ3v) is 1.90. The van der Waals surface area contributed by atoms with Crippen molar-refractivity contribution < 1.29 is 14.2 Å². The maximum atomic E-state index is 5.71. The summed E-state index contributed by atoms with van der Waals surface area (Å²) in [5, 5.41) is 0.315. The first kappa shape index (κ1) is 13.0. The van der Waals surface area contributed by atoms with Crippen LogP contribution in [0.2, 0.25) is 5.15 Å². The molecule has 0 amide bonds. The van der Waals surface area contributed by atoms with E-state index >= 15 is 0 Å². The van der Waals surface area contributed by atoms with Gasteiger partial charge in [0, 0.05) is 18.9 Å². The number of rotatable bonds is 7. The molecular weight excluding hydrogens is 232 g/mol. The Morgan fingerprint density at radius 3 is 2.69 bits per heavy atom. The van der Waals surface area contributed by atoms with E-state index in [1.807, 2.05) is 0 Å². The number of pyridine rings is 1. The molecule has 0 spiro atoms. The van der Waals surface area contributed by atoms with Gasteiger partial charge in [-0.25, -0.2) is 4.98 Å². The van der Waals surface area contributed by atoms with E-state index in [4.69, 9.17) is 31.5 Å². The van der Waals surface area contributed by atoms with Crippen LogP contribution in [0.3, 0.4) is 0 Å². The summed E-state index contributed by atoms with van der Waals surface area (Å²) in [4.78, 5) is 3.95. The lowest BCUT2D eigenvalue weighted by Gasteiger charge is -2.07. The topological polar surface area (TPSA) is 66.6 Å². The molecule has 0 aliphatic rings. The van der Waals surface area contributed by atoms with Gasteiger partial charge in [-0.2, -0.15) is 0 Å². The van der Waals surface area contributed by atoms with Gasteiger partial charge in [0.2, 0.25) is 5.88 Å². The molecule has 90 valence electrons. The van der Waals surface area contributed by atoms with Crippen molar-refractivity contribution >= 4 is 17.3 Å². The smallest absolute Gasteiger partial charge is 0.216 e. The molecule has 0 fully saturated rings. The number of methoxy groups -OCH3 is 1. The highest BCUT2D eigenvalue weighted by Gasteiger charge is 1.99. The fourth-order valence-electron chi connectivity index (χ4n) is 1.02. The van der Waals surface area contributed by atoms with Crippen LogP contribution >= 0.6 is 11.6 Å². The predicted molar refractivity (Wildman–Crippen MR) is 61.8 cm³/mol. The van der Waals surface area contributed by atoms with Crippen LogP contribution in [0.4, 0.5) is 5.69 Å². The average Bonchev–Trinajstić information content (AvgIpc) is 2.22. The van der Waals surface area contributed by atoms with E-state index < -0.39 is 0 Å². The Hall–Kier alpha value is -1.04. The number of hydrogen-bond donors (Lipinski definition) is 1. The molecule has 1 heterocycles. The lowest BCUT2D eigenvalue weighted by Crippen LogP contribution is -2.10. The van der Waals surface area contributed by atoms with Crippen molar-refractivity contribution in [3.8, 4) is 5.88 Å². The molecule has 2 N–H and O–H groups in total. The molecule has 0 saturated carbocycles. The second kappa shape index (κ2) is 7.27. The molecule has 0 radical (unpaired) electrons. The monoisotopic (exact) mass is 246 g/mol. The number of halogens is 1. The maximum absolute atomic E-state index is 5.71. The molecule has 0 bridgehead atoms. The molecular formula is C10H15ClN2O3. The Balaban J connectivity index is 2.21. The first-order valence-corrected chi connectivity index (χ1v) is 5.22. The van der Waals surface area contributed by atoms with E-state index in [-0.39, 0.29) is 0 Å². The fraction of sp³-hybridized carbons (Fsp3) is 0.500. The van der Waals surface area contributed by atoms with Crippen molar-refractivity contribution in [2.24, 2.45) is 0 Å². The Labute approximate surface area is 99.5 Å². The number of nitrogen functional groups attached to an aromatic ring is 1. The van der Waals surface area contributed by atoms with E-state index in [2.05, 4.69) is 4.98 Å². The largest absolute Gasteiger partial charge is 0.475 e. The van der Waals surface area contributed by atoms with E-state index in [0.29, 0.717) is 43.1 Å². The minimum Gasteiger partial charge on any atom is -0.475 e. The van der Waals surface area contributed by atoms with Gasteiger partial charge < -0.3 is 19.9 Å². The summed E-state index contributed by atoms with van der Waals surface area (Å²) in [6, 6.07) is 3.17. The van der Waals surface area contributed by atoms with E-state index in [9.17, 15) is 0 Å². The summed E-state index contributed by atoms with van der Waals surface area (Å²) < 4.78 is 15.3. The number of hydrogen-bond acceptors (Lipinski definition) is 5. The molecule has 0 aromatic carbocycles. The highest BCUT2D eigenvalue weighted by Crippen LogP contribution is 2.17. The Bertz CT molecular complexity index is 303. The van der Waals surface area contributed by atoms with Gasteiger partial charge in [0.25, 0.3) is 0 Å². The van der Waals surface area contributed by atoms with Gasteiger partial charge in [-0.1, -0.05) is 11.6 Å². The summed E-state index contributed by atoms with van der Waals surface area (Å²) in [6.45, 7) is 1.99. The molecule has 16 heavy (non-hydrogen) atoms. The number of nitrogens with zero attached hydrogens (tertiary/aromatic N) is 1. The molecule has 0 saturated heterocycles. The third-order valence-electron chi connectivity index (χ3n) is 1.70. The van der Waals surface area contributed by atoms with E-state index in [1.165, 1.54) is 0 Å². The molecule has 1 aromatic heterocycles. The van der Waals surface area contributed by atoms with Crippen LogP contribution in [0, 0.1) is 0 Å². The van der Waals surface area contributed by atoms with Crippen molar-refractivity contribution in [3.63, 3.8) is 0 Å². The molecule has 6 heteroatoms. The zero-order valence-corrected chi connectivity index (χ0v) is 9.87. The van der Waals surface area contributed by atoms with Gasteiger partial charge in [-0.05, 0) is 6.07 Å². The Morgan fingerprint density at radius 2 is 2.00 bits per heavy atom. The van der Waals surface area contributed by atoms with Gasteiger partial charge in [-0.15, -0.1) is 0 Å². The first-order valence-electron chi connectivity index (χ1n) is 4.85. The van der Waals surface area contributed by atoms with Crippen LogP contribution in [0.15, 0.2) is 12.1 Å². The lowest BCUT2D eigenvalue weighted by atomic mass is 10.4. The highest BCUT2D eigenvalue weighted by atomic mass is 35.5. The van der Waals surface area contributed by atoms with Gasteiger partial charge in [-0.3, -0.25) is 0 Å². The lowest BCUT2D eigenvalue weighted by molar-refractivity contribution is 0.0537. The third kappa shape index (κ3) is 5.16.